The van der Waals surface area contributed by atoms with E-state index in [2.05, 4.69) is 5.32 Å². The zero-order valence-corrected chi connectivity index (χ0v) is 16.1. The lowest BCUT2D eigenvalue weighted by molar-refractivity contribution is -0.139. The van der Waals surface area contributed by atoms with Crippen molar-refractivity contribution < 1.29 is 24.1 Å². The van der Waals surface area contributed by atoms with Crippen molar-refractivity contribution in [1.29, 1.82) is 0 Å². The third kappa shape index (κ3) is 3.89. The number of carboxylic acids is 1. The molecule has 0 fully saturated rings. The summed E-state index contributed by atoms with van der Waals surface area (Å²) >= 11 is 5.40. The highest BCUT2D eigenvalue weighted by Gasteiger charge is 2.33. The van der Waals surface area contributed by atoms with Gasteiger partial charge in [-0.05, 0) is 19.1 Å². The van der Waals surface area contributed by atoms with Crippen LogP contribution in [0.3, 0.4) is 0 Å². The molecule has 142 valence electrons. The van der Waals surface area contributed by atoms with E-state index in [4.69, 9.17) is 26.4 Å². The minimum absolute atomic E-state index is 0.235. The number of aryl methyl sites for hydroxylation is 1. The maximum absolute atomic E-state index is 11.3. The fraction of sp³-hybridized carbons (Fsp3) is 0.300. The van der Waals surface area contributed by atoms with Gasteiger partial charge in [0.25, 0.3) is 0 Å². The summed E-state index contributed by atoms with van der Waals surface area (Å²) in [6, 6.07) is 11.4. The van der Waals surface area contributed by atoms with Gasteiger partial charge >= 0.3 is 5.97 Å². The molecule has 0 amide bonds. The Kier molecular flexibility index (Phi) is 5.62. The number of nitrogens with one attached hydrogen (secondary N) is 1. The average molecular weight is 387 g/mol. The Hall–Kier alpha value is -2.64. The van der Waals surface area contributed by atoms with Gasteiger partial charge in [0.15, 0.2) is 11.5 Å². The van der Waals surface area contributed by atoms with E-state index in [1.165, 1.54) is 0 Å². The van der Waals surface area contributed by atoms with Crippen molar-refractivity contribution in [2.75, 3.05) is 19.5 Å². The van der Waals surface area contributed by atoms with E-state index < -0.39 is 18.2 Å². The smallest absolute Gasteiger partial charge is 0.306 e. The van der Waals surface area contributed by atoms with Crippen molar-refractivity contribution in [2.45, 2.75) is 25.6 Å². The van der Waals surface area contributed by atoms with Crippen molar-refractivity contribution in [3.8, 4) is 11.5 Å². The molecule has 0 saturated heterocycles. The fourth-order valence-corrected chi connectivity index (χ4v) is 3.43. The van der Waals surface area contributed by atoms with Crippen LogP contribution < -0.4 is 14.8 Å². The Morgan fingerprint density at radius 2 is 2.00 bits per heavy atom. The molecule has 0 bridgehead atoms. The second-order valence-corrected chi connectivity index (χ2v) is 6.71. The molecule has 3 rings (SSSR count). The van der Waals surface area contributed by atoms with Crippen LogP contribution in [-0.4, -0.2) is 36.4 Å². The average Bonchev–Trinajstić information content (AvgIpc) is 2.77. The molecule has 1 aliphatic heterocycles. The highest BCUT2D eigenvalue weighted by Crippen LogP contribution is 2.43. The Morgan fingerprint density at radius 1 is 1.22 bits per heavy atom. The van der Waals surface area contributed by atoms with Crippen LogP contribution >= 0.6 is 12.2 Å². The lowest BCUT2D eigenvalue weighted by atomic mass is 9.97. The zero-order chi connectivity index (χ0) is 19.6. The molecule has 0 radical (unpaired) electrons. The Morgan fingerprint density at radius 3 is 2.67 bits per heavy atom. The third-order valence-electron chi connectivity index (χ3n) is 4.42. The molecular formula is C20H21NO5S. The standard InChI is InChI=1S/C20H21NO5S/c1-11-7-8-14-13(9-11)18(26-16(10-17(22)23)20(27)21-14)12-5-4-6-15(24-2)19(12)25-3/h4-9,16,18H,10H2,1-3H3,(H,21,27)(H,22,23)/t16-,18-/m1/s1. The summed E-state index contributed by atoms with van der Waals surface area (Å²) in [5, 5.41) is 12.4. The monoisotopic (exact) mass is 387 g/mol. The highest BCUT2D eigenvalue weighted by atomic mass is 32.1. The van der Waals surface area contributed by atoms with Gasteiger partial charge in [0.05, 0.1) is 20.6 Å². The van der Waals surface area contributed by atoms with E-state index in [-0.39, 0.29) is 6.42 Å². The van der Waals surface area contributed by atoms with Crippen molar-refractivity contribution in [3.05, 3.63) is 53.1 Å². The number of aliphatic carboxylic acids is 1. The first kappa shape index (κ1) is 19.1. The van der Waals surface area contributed by atoms with Crippen LogP contribution in [0.1, 0.15) is 29.2 Å². The molecular weight excluding hydrogens is 366 g/mol. The van der Waals surface area contributed by atoms with Crippen LogP contribution in [-0.2, 0) is 9.53 Å². The number of ether oxygens (including phenoxy) is 3. The van der Waals surface area contributed by atoms with Crippen LogP contribution in [0.5, 0.6) is 11.5 Å². The van der Waals surface area contributed by atoms with E-state index in [0.717, 1.165) is 22.4 Å². The van der Waals surface area contributed by atoms with Gasteiger partial charge in [0.1, 0.15) is 17.2 Å². The molecule has 0 aliphatic carbocycles. The normalized spacial score (nSPS) is 18.9. The molecule has 2 N–H and O–H groups in total. The number of hydrogen-bond acceptors (Lipinski definition) is 5. The topological polar surface area (TPSA) is 77.0 Å². The van der Waals surface area contributed by atoms with Gasteiger partial charge < -0.3 is 24.6 Å². The number of carboxylic acid groups (broad SMARTS) is 1. The fourth-order valence-electron chi connectivity index (χ4n) is 3.18. The van der Waals surface area contributed by atoms with Crippen LogP contribution in [0.2, 0.25) is 0 Å². The van der Waals surface area contributed by atoms with E-state index in [1.807, 2.05) is 37.3 Å². The lowest BCUT2D eigenvalue weighted by Crippen LogP contribution is -2.30. The van der Waals surface area contributed by atoms with E-state index in [9.17, 15) is 9.90 Å². The van der Waals surface area contributed by atoms with Crippen LogP contribution in [0.25, 0.3) is 0 Å². The molecule has 1 aliphatic rings. The number of para-hydroxylation sites is 1. The molecule has 0 saturated carbocycles. The first-order chi connectivity index (χ1) is 12.9. The number of rotatable bonds is 5. The van der Waals surface area contributed by atoms with Gasteiger partial charge in [-0.15, -0.1) is 0 Å². The largest absolute Gasteiger partial charge is 0.493 e. The number of hydrogen-bond donors (Lipinski definition) is 2. The van der Waals surface area contributed by atoms with Crippen molar-refractivity contribution >= 4 is 28.9 Å². The lowest BCUT2D eigenvalue weighted by Gasteiger charge is -2.24. The predicted octanol–water partition coefficient (Wildman–Crippen LogP) is 3.71. The van der Waals surface area contributed by atoms with Crippen LogP contribution in [0.4, 0.5) is 5.69 Å². The van der Waals surface area contributed by atoms with Crippen molar-refractivity contribution in [2.24, 2.45) is 0 Å². The van der Waals surface area contributed by atoms with Gasteiger partial charge in [-0.25, -0.2) is 0 Å². The quantitative estimate of drug-likeness (QED) is 0.757. The van der Waals surface area contributed by atoms with Crippen LogP contribution in [0.15, 0.2) is 36.4 Å². The van der Waals surface area contributed by atoms with Crippen molar-refractivity contribution in [1.82, 2.24) is 0 Å². The van der Waals surface area contributed by atoms with Gasteiger partial charge in [0, 0.05) is 16.8 Å². The minimum Gasteiger partial charge on any atom is -0.493 e. The summed E-state index contributed by atoms with van der Waals surface area (Å²) < 4.78 is 17.2. The Bertz CT molecular complexity index is 883. The molecule has 27 heavy (non-hydrogen) atoms. The van der Waals surface area contributed by atoms with Gasteiger partial charge in [-0.1, -0.05) is 42.0 Å². The molecule has 0 unspecified atom stereocenters. The number of anilines is 1. The van der Waals surface area contributed by atoms with Gasteiger partial charge in [-0.2, -0.15) is 0 Å². The third-order valence-corrected chi connectivity index (χ3v) is 4.78. The number of carbonyl (C=O) groups is 1. The number of benzene rings is 2. The summed E-state index contributed by atoms with van der Waals surface area (Å²) in [5.41, 5.74) is 3.43. The molecule has 6 nitrogen and oxygen atoms in total. The molecule has 0 aromatic heterocycles. The molecule has 2 aromatic carbocycles. The zero-order valence-electron chi connectivity index (χ0n) is 15.3. The number of thiocarbonyl (C=S) groups is 1. The molecule has 2 aromatic rings. The Labute approximate surface area is 163 Å². The Balaban J connectivity index is 2.18. The van der Waals surface area contributed by atoms with E-state index >= 15 is 0 Å². The molecule has 7 heteroatoms. The molecule has 2 atom stereocenters. The second-order valence-electron chi connectivity index (χ2n) is 6.27. The van der Waals surface area contributed by atoms with E-state index in [0.29, 0.717) is 16.5 Å². The summed E-state index contributed by atoms with van der Waals surface area (Å²) in [4.78, 5) is 11.6. The minimum atomic E-state index is -0.984. The maximum Gasteiger partial charge on any atom is 0.306 e. The molecule has 0 spiro atoms. The predicted molar refractivity (Wildman–Crippen MR) is 106 cm³/mol. The maximum atomic E-state index is 11.3. The SMILES string of the molecule is COc1cccc([C@H]2O[C@H](CC(=O)O)C(=S)Nc3ccc(C)cc32)c1OC. The van der Waals surface area contributed by atoms with Crippen molar-refractivity contribution in [3.63, 3.8) is 0 Å². The molecule has 1 heterocycles. The van der Waals surface area contributed by atoms with Gasteiger partial charge in [0.2, 0.25) is 0 Å². The first-order valence-electron chi connectivity index (χ1n) is 8.44. The number of methoxy groups -OCH3 is 2. The first-order valence-corrected chi connectivity index (χ1v) is 8.85. The van der Waals surface area contributed by atoms with Crippen LogP contribution in [0, 0.1) is 6.92 Å². The summed E-state index contributed by atoms with van der Waals surface area (Å²) in [6.45, 7) is 1.98. The summed E-state index contributed by atoms with van der Waals surface area (Å²) in [5.74, 6) is 0.129. The summed E-state index contributed by atoms with van der Waals surface area (Å²) in [6.07, 6.45) is -1.57. The highest BCUT2D eigenvalue weighted by molar-refractivity contribution is 7.80. The number of fused-ring (bicyclic) bond motifs is 1. The summed E-state index contributed by atoms with van der Waals surface area (Å²) in [7, 11) is 3.13. The second kappa shape index (κ2) is 7.94. The van der Waals surface area contributed by atoms with E-state index in [1.54, 1.807) is 20.3 Å². The van der Waals surface area contributed by atoms with Gasteiger partial charge in [-0.3, -0.25) is 4.79 Å².